The summed E-state index contributed by atoms with van der Waals surface area (Å²) in [6.45, 7) is 9.06. The summed E-state index contributed by atoms with van der Waals surface area (Å²) in [5.74, 6) is 4.02. The number of rotatable bonds is 6. The largest absolute Gasteiger partial charge is 0.481 e. The van der Waals surface area contributed by atoms with Gasteiger partial charge in [0.05, 0.1) is 5.69 Å². The molecule has 0 aliphatic carbocycles. The molecule has 0 atom stereocenters. The third-order valence-corrected chi connectivity index (χ3v) is 5.34. The molecular weight excluding hydrogens is 364 g/mol. The number of nitrogens with zero attached hydrogens (tertiary/aromatic N) is 5. The summed E-state index contributed by atoms with van der Waals surface area (Å²) in [6, 6.07) is 12.3. The van der Waals surface area contributed by atoms with Gasteiger partial charge in [0.1, 0.15) is 18.2 Å². The first-order valence-electron chi connectivity index (χ1n) is 9.37. The standard InChI is InChI=1S/C22H22N6O/c1-5-12-29-16-7-9-20-18(14-16)22(2,3)17-13-15(23-4)6-8-19(17)28(20)11-10-21-24-26-27-25-21/h1,6-9,13-14H,4,10-12H2,2-3H3,(H,24,25,26,27). The van der Waals surface area contributed by atoms with Gasteiger partial charge in [0.2, 0.25) is 0 Å². The van der Waals surface area contributed by atoms with E-state index in [1.54, 1.807) is 0 Å². The lowest BCUT2D eigenvalue weighted by atomic mass is 9.73. The Hall–Kier alpha value is -3.66. The molecule has 1 aliphatic heterocycles. The van der Waals surface area contributed by atoms with Crippen molar-refractivity contribution in [3.63, 3.8) is 0 Å². The Balaban J connectivity index is 1.81. The van der Waals surface area contributed by atoms with Crippen LogP contribution in [0.25, 0.3) is 0 Å². The van der Waals surface area contributed by atoms with Crippen molar-refractivity contribution < 1.29 is 4.74 Å². The van der Waals surface area contributed by atoms with E-state index in [-0.39, 0.29) is 12.0 Å². The average Bonchev–Trinajstić information content (AvgIpc) is 3.26. The van der Waals surface area contributed by atoms with Crippen LogP contribution in [-0.2, 0) is 11.8 Å². The van der Waals surface area contributed by atoms with Crippen molar-refractivity contribution in [3.8, 4) is 18.1 Å². The van der Waals surface area contributed by atoms with Crippen LogP contribution in [-0.4, -0.2) is 40.5 Å². The number of benzene rings is 2. The van der Waals surface area contributed by atoms with Crippen molar-refractivity contribution in [2.24, 2.45) is 4.99 Å². The fourth-order valence-corrected chi connectivity index (χ4v) is 3.84. The summed E-state index contributed by atoms with van der Waals surface area (Å²) >= 11 is 0. The van der Waals surface area contributed by atoms with Crippen LogP contribution >= 0.6 is 0 Å². The molecule has 0 saturated heterocycles. The Morgan fingerprint density at radius 3 is 2.66 bits per heavy atom. The van der Waals surface area contributed by atoms with Crippen LogP contribution in [0.5, 0.6) is 5.75 Å². The molecule has 4 rings (SSSR count). The van der Waals surface area contributed by atoms with Gasteiger partial charge in [-0.1, -0.05) is 19.8 Å². The van der Waals surface area contributed by atoms with Crippen LogP contribution in [0, 0.1) is 12.3 Å². The Morgan fingerprint density at radius 2 is 1.97 bits per heavy atom. The first-order chi connectivity index (χ1) is 14.0. The van der Waals surface area contributed by atoms with E-state index in [4.69, 9.17) is 11.2 Å². The molecule has 1 N–H and O–H groups in total. The topological polar surface area (TPSA) is 79.3 Å². The number of hydrogen-bond acceptors (Lipinski definition) is 6. The van der Waals surface area contributed by atoms with Crippen molar-refractivity contribution in [3.05, 3.63) is 53.3 Å². The van der Waals surface area contributed by atoms with Crippen molar-refractivity contribution >= 4 is 23.8 Å². The van der Waals surface area contributed by atoms with Gasteiger partial charge >= 0.3 is 0 Å². The molecule has 1 aliphatic rings. The number of aliphatic imine (C=N–C) groups is 1. The zero-order valence-electron chi connectivity index (χ0n) is 16.5. The molecule has 2 aromatic carbocycles. The van der Waals surface area contributed by atoms with E-state index >= 15 is 0 Å². The second kappa shape index (κ2) is 7.40. The van der Waals surface area contributed by atoms with Gasteiger partial charge in [0.25, 0.3) is 0 Å². The molecule has 3 aromatic rings. The lowest BCUT2D eigenvalue weighted by molar-refractivity contribution is 0.369. The fourth-order valence-electron chi connectivity index (χ4n) is 3.84. The summed E-state index contributed by atoms with van der Waals surface area (Å²) in [5.41, 5.74) is 5.21. The highest BCUT2D eigenvalue weighted by Gasteiger charge is 2.36. The molecule has 7 heteroatoms. The second-order valence-corrected chi connectivity index (χ2v) is 7.41. The maximum absolute atomic E-state index is 5.69. The van der Waals surface area contributed by atoms with E-state index in [0.29, 0.717) is 6.42 Å². The Morgan fingerprint density at radius 1 is 1.21 bits per heavy atom. The normalized spacial score (nSPS) is 13.9. The van der Waals surface area contributed by atoms with E-state index in [2.05, 4.69) is 81.3 Å². The molecule has 0 unspecified atom stereocenters. The van der Waals surface area contributed by atoms with Crippen molar-refractivity contribution in [1.29, 1.82) is 0 Å². The molecule has 0 radical (unpaired) electrons. The number of nitrogens with one attached hydrogen (secondary N) is 1. The summed E-state index contributed by atoms with van der Waals surface area (Å²) in [7, 11) is 0. The van der Waals surface area contributed by atoms with Crippen molar-refractivity contribution in [1.82, 2.24) is 20.6 Å². The smallest absolute Gasteiger partial charge is 0.150 e. The maximum Gasteiger partial charge on any atom is 0.150 e. The molecular formula is C22H22N6O. The number of H-pyrrole nitrogens is 1. The first kappa shape index (κ1) is 18.7. The molecule has 0 amide bonds. The van der Waals surface area contributed by atoms with E-state index < -0.39 is 0 Å². The SMILES string of the molecule is C#CCOc1ccc2c(c1)C(C)(C)c1cc(N=C)ccc1N2CCc1nnn[nH]1. The van der Waals surface area contributed by atoms with Gasteiger partial charge in [-0.15, -0.1) is 11.5 Å². The van der Waals surface area contributed by atoms with Crippen molar-refractivity contribution in [2.45, 2.75) is 25.7 Å². The predicted octanol–water partition coefficient (Wildman–Crippen LogP) is 3.56. The molecule has 0 bridgehead atoms. The minimum Gasteiger partial charge on any atom is -0.481 e. The number of aromatic amines is 1. The van der Waals surface area contributed by atoms with E-state index in [0.717, 1.165) is 40.7 Å². The fraction of sp³-hybridized carbons (Fsp3) is 0.273. The van der Waals surface area contributed by atoms with Crippen LogP contribution in [0.15, 0.2) is 41.4 Å². The lowest BCUT2D eigenvalue weighted by Gasteiger charge is -2.42. The molecule has 1 aromatic heterocycles. The summed E-state index contributed by atoms with van der Waals surface area (Å²) in [6.07, 6.45) is 6.04. The number of tetrazole rings is 1. The minimum absolute atomic E-state index is 0.239. The number of fused-ring (bicyclic) bond motifs is 2. The first-order valence-corrected chi connectivity index (χ1v) is 9.37. The summed E-state index contributed by atoms with van der Waals surface area (Å²) in [5, 5.41) is 14.2. The average molecular weight is 386 g/mol. The highest BCUT2D eigenvalue weighted by molar-refractivity contribution is 5.80. The summed E-state index contributed by atoms with van der Waals surface area (Å²) in [4.78, 5) is 6.41. The predicted molar refractivity (Wildman–Crippen MR) is 113 cm³/mol. The molecule has 0 fully saturated rings. The number of terminal acetylenes is 1. The molecule has 2 heterocycles. The van der Waals surface area contributed by atoms with Gasteiger partial charge in [-0.2, -0.15) is 0 Å². The Bertz CT molecular complexity index is 1080. The zero-order chi connectivity index (χ0) is 20.4. The highest BCUT2D eigenvalue weighted by Crippen LogP contribution is 2.50. The van der Waals surface area contributed by atoms with Crippen LogP contribution in [0.1, 0.15) is 30.8 Å². The van der Waals surface area contributed by atoms with Crippen LogP contribution in [0.4, 0.5) is 17.1 Å². The van der Waals surface area contributed by atoms with Crippen LogP contribution in [0.3, 0.4) is 0 Å². The third kappa shape index (κ3) is 3.34. The molecule has 0 spiro atoms. The number of hydrogen-bond donors (Lipinski definition) is 1. The minimum atomic E-state index is -0.245. The van der Waals surface area contributed by atoms with E-state index in [9.17, 15) is 0 Å². The van der Waals surface area contributed by atoms with Gasteiger partial charge < -0.3 is 9.64 Å². The van der Waals surface area contributed by atoms with Gasteiger partial charge in [0, 0.05) is 29.8 Å². The van der Waals surface area contributed by atoms with Gasteiger partial charge in [-0.3, -0.25) is 4.99 Å². The quantitative estimate of drug-likeness (QED) is 0.518. The lowest BCUT2D eigenvalue weighted by Crippen LogP contribution is -2.34. The Kier molecular flexibility index (Phi) is 4.77. The number of aromatic nitrogens is 4. The van der Waals surface area contributed by atoms with Crippen LogP contribution in [0.2, 0.25) is 0 Å². The number of ether oxygens (including phenoxy) is 1. The third-order valence-electron chi connectivity index (χ3n) is 5.34. The molecule has 7 nitrogen and oxygen atoms in total. The molecule has 29 heavy (non-hydrogen) atoms. The number of anilines is 2. The highest BCUT2D eigenvalue weighted by atomic mass is 16.5. The summed E-state index contributed by atoms with van der Waals surface area (Å²) < 4.78 is 5.69. The van der Waals surface area contributed by atoms with Crippen molar-refractivity contribution in [2.75, 3.05) is 18.1 Å². The Labute approximate surface area is 169 Å². The maximum atomic E-state index is 5.69. The molecule has 146 valence electrons. The van der Waals surface area contributed by atoms with Gasteiger partial charge in [0.15, 0.2) is 0 Å². The molecule has 0 saturated carbocycles. The zero-order valence-corrected chi connectivity index (χ0v) is 16.5. The van der Waals surface area contributed by atoms with Crippen LogP contribution < -0.4 is 9.64 Å². The second-order valence-electron chi connectivity index (χ2n) is 7.41. The van der Waals surface area contributed by atoms with E-state index in [1.807, 2.05) is 12.1 Å². The van der Waals surface area contributed by atoms with E-state index in [1.165, 1.54) is 5.56 Å². The monoisotopic (exact) mass is 386 g/mol. The van der Waals surface area contributed by atoms with Gasteiger partial charge in [-0.05, 0) is 64.7 Å². The van der Waals surface area contributed by atoms with Gasteiger partial charge in [-0.25, -0.2) is 5.10 Å².